The van der Waals surface area contributed by atoms with E-state index < -0.39 is 19.9 Å². The van der Waals surface area contributed by atoms with Gasteiger partial charge in [-0.1, -0.05) is 0 Å². The monoisotopic (exact) mass is 284 g/mol. The highest BCUT2D eigenvalue weighted by Gasteiger charge is 2.35. The summed E-state index contributed by atoms with van der Waals surface area (Å²) in [6.07, 6.45) is 0.937. The Morgan fingerprint density at radius 3 is 2.53 bits per heavy atom. The molecule has 1 aliphatic heterocycles. The number of nitrogens with zero attached hydrogens (tertiary/aromatic N) is 1. The topological polar surface area (TPSA) is 83.6 Å². The summed E-state index contributed by atoms with van der Waals surface area (Å²) in [5.74, 6) is 0.101. The smallest absolute Gasteiger partial charge is 0.214 e. The van der Waals surface area contributed by atoms with Gasteiger partial charge >= 0.3 is 0 Å². The average molecular weight is 284 g/mol. The highest BCUT2D eigenvalue weighted by molar-refractivity contribution is 7.92. The quantitative estimate of drug-likeness (QED) is 0.636. The van der Waals surface area contributed by atoms with E-state index in [-0.39, 0.29) is 23.3 Å². The summed E-state index contributed by atoms with van der Waals surface area (Å²) >= 11 is 0. The maximum absolute atomic E-state index is 11.9. The molecule has 0 saturated carbocycles. The summed E-state index contributed by atoms with van der Waals surface area (Å²) in [4.78, 5) is 0. The number of sulfone groups is 1. The molecule has 1 fully saturated rings. The Hall–Kier alpha value is -0.180. The zero-order valence-corrected chi connectivity index (χ0v) is 11.8. The summed E-state index contributed by atoms with van der Waals surface area (Å²) in [6, 6.07) is -0.389. The third-order valence-electron chi connectivity index (χ3n) is 2.99. The van der Waals surface area contributed by atoms with Crippen molar-refractivity contribution in [3.8, 4) is 0 Å². The van der Waals surface area contributed by atoms with Gasteiger partial charge in [0.25, 0.3) is 0 Å². The second-order valence-electron chi connectivity index (χ2n) is 4.35. The largest absolute Gasteiger partial charge is 0.320 e. The van der Waals surface area contributed by atoms with E-state index in [9.17, 15) is 16.8 Å². The van der Waals surface area contributed by atoms with Gasteiger partial charge in [-0.2, -0.15) is 0 Å². The van der Waals surface area contributed by atoms with E-state index in [0.29, 0.717) is 19.4 Å². The van der Waals surface area contributed by atoms with Crippen LogP contribution in [0.15, 0.2) is 0 Å². The summed E-state index contributed by atoms with van der Waals surface area (Å²) in [7, 11) is -3.15. The number of hydrogen-bond acceptors (Lipinski definition) is 5. The van der Waals surface area contributed by atoms with Crippen LogP contribution in [-0.2, 0) is 19.9 Å². The zero-order chi connectivity index (χ0) is 13.1. The molecule has 1 atom stereocenters. The van der Waals surface area contributed by atoms with Crippen molar-refractivity contribution >= 4 is 19.9 Å². The van der Waals surface area contributed by atoms with Gasteiger partial charge in [0.15, 0.2) is 9.84 Å². The molecule has 0 aromatic rings. The highest BCUT2D eigenvalue weighted by Crippen LogP contribution is 2.19. The van der Waals surface area contributed by atoms with Crippen LogP contribution in [0.4, 0.5) is 0 Å². The van der Waals surface area contributed by atoms with Crippen molar-refractivity contribution in [1.82, 2.24) is 9.62 Å². The Labute approximate surface area is 103 Å². The van der Waals surface area contributed by atoms with Crippen molar-refractivity contribution in [2.75, 3.05) is 37.9 Å². The normalized spacial score (nSPS) is 24.3. The van der Waals surface area contributed by atoms with Gasteiger partial charge in [-0.3, -0.25) is 0 Å². The van der Waals surface area contributed by atoms with Crippen LogP contribution in [0.5, 0.6) is 0 Å². The Bertz CT molecular complexity index is 444. The summed E-state index contributed by atoms with van der Waals surface area (Å²) < 4.78 is 47.6. The molecular formula is C9H20N2O4S2. The van der Waals surface area contributed by atoms with Crippen molar-refractivity contribution in [2.45, 2.75) is 18.9 Å². The van der Waals surface area contributed by atoms with Gasteiger partial charge in [-0.05, 0) is 26.4 Å². The van der Waals surface area contributed by atoms with E-state index in [1.165, 1.54) is 11.4 Å². The molecule has 1 N–H and O–H groups in total. The predicted molar refractivity (Wildman–Crippen MR) is 67.2 cm³/mol. The molecule has 1 unspecified atom stereocenters. The fourth-order valence-corrected chi connectivity index (χ4v) is 5.16. The number of rotatable bonds is 6. The maximum Gasteiger partial charge on any atom is 0.214 e. The van der Waals surface area contributed by atoms with Gasteiger partial charge in [-0.15, -0.1) is 0 Å². The van der Waals surface area contributed by atoms with Gasteiger partial charge in [-0.25, -0.2) is 21.1 Å². The van der Waals surface area contributed by atoms with Crippen LogP contribution in [-0.4, -0.2) is 65.1 Å². The molecule has 0 spiro atoms. The molecule has 0 aliphatic carbocycles. The minimum Gasteiger partial charge on any atom is -0.320 e. The van der Waals surface area contributed by atoms with Gasteiger partial charge < -0.3 is 5.32 Å². The molecule has 1 saturated heterocycles. The molecule has 6 nitrogen and oxygen atoms in total. The van der Waals surface area contributed by atoms with Gasteiger partial charge in [0.2, 0.25) is 10.0 Å². The van der Waals surface area contributed by atoms with Crippen molar-refractivity contribution in [3.05, 3.63) is 0 Å². The Balaban J connectivity index is 2.60. The number of sulfonamides is 1. The number of hydrogen-bond donors (Lipinski definition) is 1. The van der Waals surface area contributed by atoms with E-state index >= 15 is 0 Å². The molecule has 0 radical (unpaired) electrons. The summed E-state index contributed by atoms with van der Waals surface area (Å²) in [5, 5.41) is 2.88. The van der Waals surface area contributed by atoms with Crippen molar-refractivity contribution in [2.24, 2.45) is 0 Å². The van der Waals surface area contributed by atoms with Gasteiger partial charge in [0.05, 0.1) is 17.3 Å². The molecule has 1 aliphatic rings. The van der Waals surface area contributed by atoms with Crippen LogP contribution in [0.3, 0.4) is 0 Å². The SMILES string of the molecule is CNCCCS(=O)(=O)N(C)C1CCS(=O)(=O)C1. The minimum atomic E-state index is -3.34. The fraction of sp³-hybridized carbons (Fsp3) is 1.00. The van der Waals surface area contributed by atoms with Crippen LogP contribution < -0.4 is 5.32 Å². The average Bonchev–Trinajstić information content (AvgIpc) is 2.58. The first-order valence-corrected chi connectivity index (χ1v) is 9.02. The second kappa shape index (κ2) is 5.64. The molecule has 0 aromatic heterocycles. The maximum atomic E-state index is 11.9. The molecule has 8 heteroatoms. The minimum absolute atomic E-state index is 0.0469. The molecule has 17 heavy (non-hydrogen) atoms. The van der Waals surface area contributed by atoms with Crippen LogP contribution in [0.25, 0.3) is 0 Å². The number of nitrogens with one attached hydrogen (secondary N) is 1. The molecule has 0 aromatic carbocycles. The standard InChI is InChI=1S/C9H20N2O4S2/c1-10-5-3-6-17(14,15)11(2)9-4-7-16(12,13)8-9/h9-10H,3-8H2,1-2H3. The van der Waals surface area contributed by atoms with E-state index in [1.54, 1.807) is 7.05 Å². The molecule has 102 valence electrons. The van der Waals surface area contributed by atoms with Crippen LogP contribution >= 0.6 is 0 Å². The molecule has 1 heterocycles. The van der Waals surface area contributed by atoms with Crippen molar-refractivity contribution in [1.29, 1.82) is 0 Å². The first-order valence-electron chi connectivity index (χ1n) is 5.59. The zero-order valence-electron chi connectivity index (χ0n) is 10.2. The van der Waals surface area contributed by atoms with E-state index in [0.717, 1.165) is 0 Å². The van der Waals surface area contributed by atoms with Crippen LogP contribution in [0.2, 0.25) is 0 Å². The van der Waals surface area contributed by atoms with Crippen LogP contribution in [0, 0.1) is 0 Å². The Kier molecular flexibility index (Phi) is 4.94. The van der Waals surface area contributed by atoms with E-state index in [2.05, 4.69) is 5.32 Å². The van der Waals surface area contributed by atoms with E-state index in [1.807, 2.05) is 0 Å². The first kappa shape index (κ1) is 14.9. The predicted octanol–water partition coefficient (Wildman–Crippen LogP) is -0.955. The molecule has 0 amide bonds. The van der Waals surface area contributed by atoms with Gasteiger partial charge in [0.1, 0.15) is 0 Å². The molecule has 0 bridgehead atoms. The summed E-state index contributed by atoms with van der Waals surface area (Å²) in [6.45, 7) is 0.635. The Morgan fingerprint density at radius 1 is 1.41 bits per heavy atom. The lowest BCUT2D eigenvalue weighted by Gasteiger charge is -2.22. The first-order chi connectivity index (χ1) is 7.78. The lowest BCUT2D eigenvalue weighted by Crippen LogP contribution is -2.39. The molecule has 1 rings (SSSR count). The lowest BCUT2D eigenvalue weighted by molar-refractivity contribution is 0.393. The fourth-order valence-electron chi connectivity index (χ4n) is 1.86. The van der Waals surface area contributed by atoms with Gasteiger partial charge in [0, 0.05) is 13.1 Å². The third kappa shape index (κ3) is 4.20. The highest BCUT2D eigenvalue weighted by atomic mass is 32.2. The van der Waals surface area contributed by atoms with Crippen LogP contribution in [0.1, 0.15) is 12.8 Å². The third-order valence-corrected chi connectivity index (χ3v) is 6.72. The lowest BCUT2D eigenvalue weighted by atomic mass is 10.3. The Morgan fingerprint density at radius 2 is 2.06 bits per heavy atom. The van der Waals surface area contributed by atoms with Crippen molar-refractivity contribution in [3.63, 3.8) is 0 Å². The van der Waals surface area contributed by atoms with E-state index in [4.69, 9.17) is 0 Å². The molecular weight excluding hydrogens is 264 g/mol. The second-order valence-corrected chi connectivity index (χ2v) is 8.72. The summed E-state index contributed by atoms with van der Waals surface area (Å²) in [5.41, 5.74) is 0. The van der Waals surface area contributed by atoms with Crippen molar-refractivity contribution < 1.29 is 16.8 Å².